The Hall–Kier alpha value is -1.36. The third kappa shape index (κ3) is 5.31. The van der Waals surface area contributed by atoms with Crippen LogP contribution in [0.5, 0.6) is 5.88 Å². The molecule has 0 amide bonds. The van der Waals surface area contributed by atoms with Gasteiger partial charge in [0.1, 0.15) is 0 Å². The maximum absolute atomic E-state index is 5.53. The summed E-state index contributed by atoms with van der Waals surface area (Å²) in [6.45, 7) is 6.73. The van der Waals surface area contributed by atoms with E-state index in [1.165, 1.54) is 0 Å². The van der Waals surface area contributed by atoms with Crippen molar-refractivity contribution in [2.24, 2.45) is 0 Å². The summed E-state index contributed by atoms with van der Waals surface area (Å²) in [6, 6.07) is 1.99. The van der Waals surface area contributed by atoms with Crippen molar-refractivity contribution >= 4 is 5.95 Å². The summed E-state index contributed by atoms with van der Waals surface area (Å²) in [5, 5.41) is 3.27. The second kappa shape index (κ2) is 7.87. The molecule has 0 saturated carbocycles. The molecule has 102 valence electrons. The summed E-state index contributed by atoms with van der Waals surface area (Å²) in [5.74, 6) is 1.18. The predicted octanol–water partition coefficient (Wildman–Crippen LogP) is 2.49. The number of nitrogens with one attached hydrogen (secondary N) is 1. The van der Waals surface area contributed by atoms with Gasteiger partial charge < -0.3 is 14.8 Å². The molecule has 18 heavy (non-hydrogen) atoms. The van der Waals surface area contributed by atoms with E-state index in [9.17, 15) is 0 Å². The van der Waals surface area contributed by atoms with Crippen LogP contribution in [0.1, 0.15) is 33.6 Å². The van der Waals surface area contributed by atoms with Gasteiger partial charge in [-0.2, -0.15) is 4.98 Å². The lowest BCUT2D eigenvalue weighted by Gasteiger charge is -2.17. The maximum Gasteiger partial charge on any atom is 0.226 e. The number of nitrogens with zero attached hydrogens (tertiary/aromatic N) is 2. The van der Waals surface area contributed by atoms with Crippen molar-refractivity contribution in [2.45, 2.75) is 45.8 Å². The van der Waals surface area contributed by atoms with Crippen LogP contribution in [0.15, 0.2) is 12.3 Å². The van der Waals surface area contributed by atoms with E-state index in [0.717, 1.165) is 12.8 Å². The first kappa shape index (κ1) is 14.7. The minimum absolute atomic E-state index is 0.109. The minimum Gasteiger partial charge on any atom is -0.475 e. The summed E-state index contributed by atoms with van der Waals surface area (Å²) in [6.07, 6.45) is 3.91. The lowest BCUT2D eigenvalue weighted by molar-refractivity contribution is 0.182. The van der Waals surface area contributed by atoms with Gasteiger partial charge in [-0.05, 0) is 20.3 Å². The monoisotopic (exact) mass is 253 g/mol. The highest BCUT2D eigenvalue weighted by molar-refractivity contribution is 5.28. The second-order valence-corrected chi connectivity index (χ2v) is 4.47. The molecule has 1 heterocycles. The van der Waals surface area contributed by atoms with Crippen LogP contribution in [-0.2, 0) is 4.74 Å². The molecule has 1 aromatic heterocycles. The van der Waals surface area contributed by atoms with Crippen LogP contribution in [0.25, 0.3) is 0 Å². The van der Waals surface area contributed by atoms with E-state index in [0.29, 0.717) is 18.4 Å². The molecule has 5 nitrogen and oxygen atoms in total. The highest BCUT2D eigenvalue weighted by Crippen LogP contribution is 2.12. The van der Waals surface area contributed by atoms with E-state index in [2.05, 4.69) is 22.2 Å². The molecule has 0 radical (unpaired) electrons. The first-order chi connectivity index (χ1) is 8.65. The molecule has 0 spiro atoms. The fourth-order valence-corrected chi connectivity index (χ4v) is 1.65. The number of rotatable bonds is 8. The van der Waals surface area contributed by atoms with Crippen molar-refractivity contribution in [3.8, 4) is 5.88 Å². The quantitative estimate of drug-likeness (QED) is 0.771. The first-order valence-electron chi connectivity index (χ1n) is 6.40. The SMILES string of the molecule is CCCC(COC)Nc1nccc(OC(C)C)n1. The van der Waals surface area contributed by atoms with Gasteiger partial charge in [0.2, 0.25) is 11.8 Å². The lowest BCUT2D eigenvalue weighted by Crippen LogP contribution is -2.25. The van der Waals surface area contributed by atoms with E-state index in [-0.39, 0.29) is 12.1 Å². The van der Waals surface area contributed by atoms with Crippen LogP contribution in [-0.4, -0.2) is 35.8 Å². The van der Waals surface area contributed by atoms with E-state index in [1.54, 1.807) is 19.4 Å². The molecule has 0 bridgehead atoms. The fourth-order valence-electron chi connectivity index (χ4n) is 1.65. The third-order valence-electron chi connectivity index (χ3n) is 2.32. The molecular weight excluding hydrogens is 230 g/mol. The molecule has 1 rings (SSSR count). The highest BCUT2D eigenvalue weighted by Gasteiger charge is 2.09. The van der Waals surface area contributed by atoms with Crippen molar-refractivity contribution in [3.05, 3.63) is 12.3 Å². The van der Waals surface area contributed by atoms with Gasteiger partial charge in [-0.3, -0.25) is 0 Å². The smallest absolute Gasteiger partial charge is 0.226 e. The van der Waals surface area contributed by atoms with Gasteiger partial charge in [0.15, 0.2) is 0 Å². The number of hydrogen-bond acceptors (Lipinski definition) is 5. The topological polar surface area (TPSA) is 56.3 Å². The van der Waals surface area contributed by atoms with Crippen molar-refractivity contribution in [2.75, 3.05) is 19.0 Å². The molecule has 0 fully saturated rings. The zero-order valence-electron chi connectivity index (χ0n) is 11.6. The second-order valence-electron chi connectivity index (χ2n) is 4.47. The standard InChI is InChI=1S/C13H23N3O2/c1-5-6-11(9-17-4)15-13-14-8-7-12(16-13)18-10(2)3/h7-8,10-11H,5-6,9H2,1-4H3,(H,14,15,16). The zero-order chi connectivity index (χ0) is 13.4. The Labute approximate surface area is 109 Å². The molecule has 1 N–H and O–H groups in total. The Morgan fingerprint density at radius 3 is 2.78 bits per heavy atom. The molecule has 0 aliphatic rings. The summed E-state index contributed by atoms with van der Waals surface area (Å²) in [4.78, 5) is 8.51. The van der Waals surface area contributed by atoms with Crippen molar-refractivity contribution in [1.29, 1.82) is 0 Å². The lowest BCUT2D eigenvalue weighted by atomic mass is 10.2. The van der Waals surface area contributed by atoms with Crippen LogP contribution in [0.3, 0.4) is 0 Å². The summed E-state index contributed by atoms with van der Waals surface area (Å²) >= 11 is 0. The van der Waals surface area contributed by atoms with Gasteiger partial charge in [-0.25, -0.2) is 4.98 Å². The molecule has 1 unspecified atom stereocenters. The van der Waals surface area contributed by atoms with Crippen molar-refractivity contribution < 1.29 is 9.47 Å². The van der Waals surface area contributed by atoms with E-state index in [4.69, 9.17) is 9.47 Å². The number of anilines is 1. The van der Waals surface area contributed by atoms with Crippen LogP contribution < -0.4 is 10.1 Å². The summed E-state index contributed by atoms with van der Waals surface area (Å²) in [7, 11) is 1.70. The molecular formula is C13H23N3O2. The molecule has 1 aromatic rings. The summed E-state index contributed by atoms with van der Waals surface area (Å²) < 4.78 is 10.7. The molecule has 0 aromatic carbocycles. The molecule has 0 aliphatic carbocycles. The van der Waals surface area contributed by atoms with Gasteiger partial charge in [-0.15, -0.1) is 0 Å². The molecule has 5 heteroatoms. The van der Waals surface area contributed by atoms with Crippen LogP contribution in [0, 0.1) is 0 Å². The third-order valence-corrected chi connectivity index (χ3v) is 2.32. The van der Waals surface area contributed by atoms with E-state index < -0.39 is 0 Å². The molecule has 0 aliphatic heterocycles. The zero-order valence-corrected chi connectivity index (χ0v) is 11.6. The molecule has 1 atom stereocenters. The van der Waals surface area contributed by atoms with E-state index in [1.807, 2.05) is 13.8 Å². The van der Waals surface area contributed by atoms with Crippen LogP contribution in [0.2, 0.25) is 0 Å². The number of aromatic nitrogens is 2. The van der Waals surface area contributed by atoms with Crippen LogP contribution in [0.4, 0.5) is 5.95 Å². The van der Waals surface area contributed by atoms with Gasteiger partial charge in [0, 0.05) is 19.4 Å². The Morgan fingerprint density at radius 2 is 2.17 bits per heavy atom. The number of ether oxygens (including phenoxy) is 2. The van der Waals surface area contributed by atoms with Gasteiger partial charge >= 0.3 is 0 Å². The number of hydrogen-bond donors (Lipinski definition) is 1. The average molecular weight is 253 g/mol. The van der Waals surface area contributed by atoms with Crippen molar-refractivity contribution in [1.82, 2.24) is 9.97 Å². The first-order valence-corrected chi connectivity index (χ1v) is 6.40. The average Bonchev–Trinajstić information content (AvgIpc) is 2.29. The minimum atomic E-state index is 0.109. The van der Waals surface area contributed by atoms with Gasteiger partial charge in [0.25, 0.3) is 0 Å². The maximum atomic E-state index is 5.53. The van der Waals surface area contributed by atoms with Crippen LogP contribution >= 0.6 is 0 Å². The Balaban J connectivity index is 2.64. The Morgan fingerprint density at radius 1 is 1.39 bits per heavy atom. The van der Waals surface area contributed by atoms with Gasteiger partial charge in [-0.1, -0.05) is 13.3 Å². The largest absolute Gasteiger partial charge is 0.475 e. The predicted molar refractivity (Wildman–Crippen MR) is 72.0 cm³/mol. The molecule has 0 saturated heterocycles. The highest BCUT2D eigenvalue weighted by atomic mass is 16.5. The van der Waals surface area contributed by atoms with E-state index >= 15 is 0 Å². The van der Waals surface area contributed by atoms with Crippen molar-refractivity contribution in [3.63, 3.8) is 0 Å². The normalized spacial score (nSPS) is 12.5. The Bertz CT molecular complexity index is 339. The Kier molecular flexibility index (Phi) is 6.43. The fraction of sp³-hybridized carbons (Fsp3) is 0.692. The summed E-state index contributed by atoms with van der Waals surface area (Å²) in [5.41, 5.74) is 0. The number of methoxy groups -OCH3 is 1. The van der Waals surface area contributed by atoms with Gasteiger partial charge in [0.05, 0.1) is 18.8 Å².